The molecule has 1 saturated heterocycles. The Hall–Kier alpha value is -1.67. The number of nitro groups is 1. The van der Waals surface area contributed by atoms with Gasteiger partial charge in [0.2, 0.25) is 0 Å². The molecule has 122 valence electrons. The highest BCUT2D eigenvalue weighted by atomic mass is 32.2. The SMILES string of the molecule is CCOC1CCCN(c2ccc([N+](=O)[O-])c(S(C)(=O)=O)c2)C1. The zero-order valence-corrected chi connectivity index (χ0v) is 13.5. The first-order valence-corrected chi connectivity index (χ1v) is 9.07. The van der Waals surface area contributed by atoms with Gasteiger partial charge < -0.3 is 9.64 Å². The summed E-state index contributed by atoms with van der Waals surface area (Å²) in [5.74, 6) is 0. The van der Waals surface area contributed by atoms with Gasteiger partial charge in [-0.15, -0.1) is 0 Å². The fourth-order valence-electron chi connectivity index (χ4n) is 2.69. The van der Waals surface area contributed by atoms with Gasteiger partial charge in [0.1, 0.15) is 4.90 Å². The Morgan fingerprint density at radius 1 is 1.45 bits per heavy atom. The Kier molecular flexibility index (Phi) is 5.02. The molecule has 1 atom stereocenters. The van der Waals surface area contributed by atoms with E-state index in [0.717, 1.165) is 25.6 Å². The van der Waals surface area contributed by atoms with Gasteiger partial charge in [-0.2, -0.15) is 0 Å². The maximum atomic E-state index is 11.8. The molecule has 0 aromatic heterocycles. The van der Waals surface area contributed by atoms with E-state index in [1.54, 1.807) is 6.07 Å². The molecular weight excluding hydrogens is 308 g/mol. The molecule has 0 saturated carbocycles. The minimum absolute atomic E-state index is 0.107. The van der Waals surface area contributed by atoms with E-state index in [9.17, 15) is 18.5 Å². The number of hydrogen-bond donors (Lipinski definition) is 0. The number of ether oxygens (including phenoxy) is 1. The van der Waals surface area contributed by atoms with E-state index in [0.29, 0.717) is 18.8 Å². The summed E-state index contributed by atoms with van der Waals surface area (Å²) in [4.78, 5) is 12.1. The second-order valence-corrected chi connectivity index (χ2v) is 7.33. The molecule has 0 aliphatic carbocycles. The second-order valence-electron chi connectivity index (χ2n) is 5.35. The Morgan fingerprint density at radius 2 is 2.18 bits per heavy atom. The summed E-state index contributed by atoms with van der Waals surface area (Å²) in [6.45, 7) is 4.01. The van der Waals surface area contributed by atoms with Crippen LogP contribution in [0.2, 0.25) is 0 Å². The van der Waals surface area contributed by atoms with Crippen LogP contribution < -0.4 is 4.90 Å². The number of nitro benzene ring substituents is 1. The van der Waals surface area contributed by atoms with E-state index in [2.05, 4.69) is 0 Å². The molecule has 8 heteroatoms. The van der Waals surface area contributed by atoms with Gasteiger partial charge in [0.05, 0.1) is 11.0 Å². The van der Waals surface area contributed by atoms with Crippen LogP contribution in [-0.2, 0) is 14.6 Å². The van der Waals surface area contributed by atoms with Crippen molar-refractivity contribution < 1.29 is 18.1 Å². The summed E-state index contributed by atoms with van der Waals surface area (Å²) in [7, 11) is -3.66. The van der Waals surface area contributed by atoms with Gasteiger partial charge in [-0.3, -0.25) is 10.1 Å². The van der Waals surface area contributed by atoms with Crippen molar-refractivity contribution in [3.8, 4) is 0 Å². The zero-order chi connectivity index (χ0) is 16.3. The molecule has 1 aliphatic rings. The van der Waals surface area contributed by atoms with Gasteiger partial charge in [0.15, 0.2) is 9.84 Å². The van der Waals surface area contributed by atoms with Gasteiger partial charge in [0, 0.05) is 37.7 Å². The van der Waals surface area contributed by atoms with Gasteiger partial charge in [-0.1, -0.05) is 0 Å². The summed E-state index contributed by atoms with van der Waals surface area (Å²) < 4.78 is 29.3. The van der Waals surface area contributed by atoms with Crippen molar-refractivity contribution in [2.75, 3.05) is 30.9 Å². The van der Waals surface area contributed by atoms with Gasteiger partial charge in [0.25, 0.3) is 5.69 Å². The molecular formula is C14H20N2O5S. The molecule has 0 radical (unpaired) electrons. The zero-order valence-electron chi connectivity index (χ0n) is 12.7. The van der Waals surface area contributed by atoms with Crippen LogP contribution in [0.25, 0.3) is 0 Å². The lowest BCUT2D eigenvalue weighted by molar-refractivity contribution is -0.387. The van der Waals surface area contributed by atoms with Crippen LogP contribution in [0.15, 0.2) is 23.1 Å². The van der Waals surface area contributed by atoms with Crippen molar-refractivity contribution in [2.45, 2.75) is 30.8 Å². The average molecular weight is 328 g/mol. The predicted molar refractivity (Wildman–Crippen MR) is 83.1 cm³/mol. The maximum absolute atomic E-state index is 11.8. The van der Waals surface area contributed by atoms with Crippen LogP contribution in [0.5, 0.6) is 0 Å². The van der Waals surface area contributed by atoms with Crippen molar-refractivity contribution >= 4 is 21.2 Å². The van der Waals surface area contributed by atoms with Crippen molar-refractivity contribution in [1.82, 2.24) is 0 Å². The number of nitrogens with zero attached hydrogens (tertiary/aromatic N) is 2. The smallest absolute Gasteiger partial charge is 0.288 e. The molecule has 22 heavy (non-hydrogen) atoms. The first-order valence-electron chi connectivity index (χ1n) is 7.18. The van der Waals surface area contributed by atoms with Crippen LogP contribution in [0.4, 0.5) is 11.4 Å². The number of anilines is 1. The molecule has 1 aromatic carbocycles. The summed E-state index contributed by atoms with van der Waals surface area (Å²) in [5, 5.41) is 11.0. The molecule has 0 N–H and O–H groups in total. The topological polar surface area (TPSA) is 89.8 Å². The number of sulfone groups is 1. The van der Waals surface area contributed by atoms with Crippen LogP contribution in [0, 0.1) is 10.1 Å². The van der Waals surface area contributed by atoms with Gasteiger partial charge >= 0.3 is 0 Å². The summed E-state index contributed by atoms with van der Waals surface area (Å²) in [6, 6.07) is 4.25. The Morgan fingerprint density at radius 3 is 2.77 bits per heavy atom. The molecule has 1 unspecified atom stereocenters. The van der Waals surface area contributed by atoms with Gasteiger partial charge in [-0.25, -0.2) is 8.42 Å². The van der Waals surface area contributed by atoms with E-state index >= 15 is 0 Å². The molecule has 1 fully saturated rings. The summed E-state index contributed by atoms with van der Waals surface area (Å²) in [6.07, 6.45) is 3.00. The maximum Gasteiger partial charge on any atom is 0.288 e. The van der Waals surface area contributed by atoms with Crippen molar-refractivity contribution in [3.63, 3.8) is 0 Å². The third-order valence-electron chi connectivity index (χ3n) is 3.69. The van der Waals surface area contributed by atoms with Crippen molar-refractivity contribution in [3.05, 3.63) is 28.3 Å². The second kappa shape index (κ2) is 6.62. The first kappa shape index (κ1) is 16.7. The highest BCUT2D eigenvalue weighted by Gasteiger charge is 2.26. The third kappa shape index (κ3) is 3.75. The number of piperidine rings is 1. The minimum atomic E-state index is -3.66. The molecule has 0 amide bonds. The largest absolute Gasteiger partial charge is 0.377 e. The third-order valence-corrected chi connectivity index (χ3v) is 4.81. The molecule has 1 aliphatic heterocycles. The predicted octanol–water partition coefficient (Wildman–Crippen LogP) is 2.00. The number of benzene rings is 1. The van der Waals surface area contributed by atoms with Crippen molar-refractivity contribution in [2.24, 2.45) is 0 Å². The van der Waals surface area contributed by atoms with Crippen LogP contribution in [0.3, 0.4) is 0 Å². The number of rotatable bonds is 5. The monoisotopic (exact) mass is 328 g/mol. The molecule has 1 heterocycles. The van der Waals surface area contributed by atoms with Crippen LogP contribution >= 0.6 is 0 Å². The van der Waals surface area contributed by atoms with E-state index in [1.165, 1.54) is 12.1 Å². The normalized spacial score (nSPS) is 19.2. The average Bonchev–Trinajstić information content (AvgIpc) is 2.46. The van der Waals surface area contributed by atoms with Gasteiger partial charge in [-0.05, 0) is 31.9 Å². The Labute approximate surface area is 129 Å². The fraction of sp³-hybridized carbons (Fsp3) is 0.571. The Bertz CT molecular complexity index is 657. The fourth-order valence-corrected chi connectivity index (χ4v) is 3.55. The standard InChI is InChI=1S/C14H20N2O5S/c1-3-21-12-5-4-8-15(10-12)11-6-7-13(16(17)18)14(9-11)22(2,19)20/h6-7,9,12H,3-5,8,10H2,1-2H3. The van der Waals surface area contributed by atoms with Crippen LogP contribution in [-0.4, -0.2) is 45.4 Å². The van der Waals surface area contributed by atoms with Crippen molar-refractivity contribution in [1.29, 1.82) is 0 Å². The van der Waals surface area contributed by atoms with E-state index in [4.69, 9.17) is 4.74 Å². The van der Waals surface area contributed by atoms with E-state index < -0.39 is 14.8 Å². The minimum Gasteiger partial charge on any atom is -0.377 e. The summed E-state index contributed by atoms with van der Waals surface area (Å²) in [5.41, 5.74) is 0.292. The highest BCUT2D eigenvalue weighted by Crippen LogP contribution is 2.30. The quantitative estimate of drug-likeness (QED) is 0.606. The van der Waals surface area contributed by atoms with Crippen LogP contribution in [0.1, 0.15) is 19.8 Å². The lowest BCUT2D eigenvalue weighted by Gasteiger charge is -2.34. The molecule has 0 bridgehead atoms. The molecule has 2 rings (SSSR count). The van der Waals surface area contributed by atoms with E-state index in [-0.39, 0.29) is 16.7 Å². The summed E-state index contributed by atoms with van der Waals surface area (Å²) >= 11 is 0. The lowest BCUT2D eigenvalue weighted by Crippen LogP contribution is -2.39. The number of hydrogen-bond acceptors (Lipinski definition) is 6. The lowest BCUT2D eigenvalue weighted by atomic mass is 10.1. The Balaban J connectivity index is 2.34. The molecule has 7 nitrogen and oxygen atoms in total. The van der Waals surface area contributed by atoms with E-state index in [1.807, 2.05) is 11.8 Å². The molecule has 0 spiro atoms. The first-order chi connectivity index (χ1) is 10.3. The highest BCUT2D eigenvalue weighted by molar-refractivity contribution is 7.90. The molecule has 1 aromatic rings.